The van der Waals surface area contributed by atoms with Gasteiger partial charge >= 0.3 is 0 Å². The molecule has 0 fully saturated rings. The van der Waals surface area contributed by atoms with E-state index in [1.165, 1.54) is 0 Å². The van der Waals surface area contributed by atoms with Crippen LogP contribution in [-0.2, 0) is 18.6 Å². The molecule has 4 nitrogen and oxygen atoms in total. The number of hydrogen-bond donors (Lipinski definition) is 3. The Hall–Kier alpha value is -3.21. The summed E-state index contributed by atoms with van der Waals surface area (Å²) < 4.78 is 0. The van der Waals surface area contributed by atoms with Gasteiger partial charge in [0.1, 0.15) is 0 Å². The zero-order valence-corrected chi connectivity index (χ0v) is 15.4. The predicted octanol–water partition coefficient (Wildman–Crippen LogP) is 3.78. The summed E-state index contributed by atoms with van der Waals surface area (Å²) in [6, 6.07) is 30.5. The molecule has 0 radical (unpaired) electrons. The highest BCUT2D eigenvalue weighted by molar-refractivity contribution is 5.61. The maximum absolute atomic E-state index is 10.1. The van der Waals surface area contributed by atoms with Gasteiger partial charge in [0, 0.05) is 5.56 Å². The smallest absolute Gasteiger partial charge is 0.0928 e. The Labute approximate surface area is 164 Å². The van der Waals surface area contributed by atoms with Crippen LogP contribution in [0.3, 0.4) is 0 Å². The maximum atomic E-state index is 10.1. The average Bonchev–Trinajstić information content (AvgIpc) is 3.20. The van der Waals surface area contributed by atoms with E-state index in [1.807, 2.05) is 54.6 Å². The molecule has 0 aliphatic rings. The summed E-state index contributed by atoms with van der Waals surface area (Å²) in [4.78, 5) is 0. The molecule has 0 amide bonds. The van der Waals surface area contributed by atoms with Gasteiger partial charge < -0.3 is 10.2 Å². The lowest BCUT2D eigenvalue weighted by molar-refractivity contribution is 0.271. The largest absolute Gasteiger partial charge is 0.390 e. The van der Waals surface area contributed by atoms with Crippen LogP contribution < -0.4 is 0 Å². The lowest BCUT2D eigenvalue weighted by atomic mass is 9.64. The lowest BCUT2D eigenvalue weighted by Gasteiger charge is -2.37. The molecule has 0 aliphatic carbocycles. The highest BCUT2D eigenvalue weighted by Gasteiger charge is 2.42. The number of rotatable bonds is 6. The van der Waals surface area contributed by atoms with Crippen molar-refractivity contribution in [1.82, 2.24) is 10.2 Å². The van der Waals surface area contributed by atoms with Crippen LogP contribution >= 0.6 is 0 Å². The number of nitrogens with zero attached hydrogens (tertiary/aromatic N) is 1. The molecule has 0 unspecified atom stereocenters. The van der Waals surface area contributed by atoms with E-state index in [-0.39, 0.29) is 13.2 Å². The van der Waals surface area contributed by atoms with Gasteiger partial charge in [0.05, 0.1) is 30.0 Å². The molecule has 0 aliphatic heterocycles. The average molecular weight is 370 g/mol. The second-order valence-electron chi connectivity index (χ2n) is 6.69. The van der Waals surface area contributed by atoms with E-state index in [0.717, 1.165) is 22.3 Å². The molecular formula is C24H22N2O2. The minimum Gasteiger partial charge on any atom is -0.390 e. The second-order valence-corrected chi connectivity index (χ2v) is 6.69. The Morgan fingerprint density at radius 1 is 0.643 bits per heavy atom. The van der Waals surface area contributed by atoms with Gasteiger partial charge in [0.25, 0.3) is 0 Å². The predicted molar refractivity (Wildman–Crippen MR) is 109 cm³/mol. The normalized spacial score (nSPS) is 11.5. The number of H-pyrrole nitrogens is 1. The Bertz CT molecular complexity index is 910. The fourth-order valence-corrected chi connectivity index (χ4v) is 4.09. The van der Waals surface area contributed by atoms with Gasteiger partial charge in [-0.15, -0.1) is 0 Å². The molecule has 0 spiro atoms. The summed E-state index contributed by atoms with van der Waals surface area (Å²) in [6.07, 6.45) is 0. The number of aromatic amines is 1. The summed E-state index contributed by atoms with van der Waals surface area (Å²) in [5, 5.41) is 27.4. The number of benzene rings is 3. The van der Waals surface area contributed by atoms with Crippen LogP contribution in [0, 0.1) is 0 Å². The van der Waals surface area contributed by atoms with Gasteiger partial charge in [-0.3, -0.25) is 5.10 Å². The number of aromatic nitrogens is 2. The van der Waals surface area contributed by atoms with Crippen molar-refractivity contribution >= 4 is 0 Å². The van der Waals surface area contributed by atoms with Gasteiger partial charge in [-0.05, 0) is 16.7 Å². The van der Waals surface area contributed by atoms with E-state index in [2.05, 4.69) is 46.6 Å². The number of aliphatic hydroxyl groups excluding tert-OH is 2. The molecule has 0 atom stereocenters. The third-order valence-corrected chi connectivity index (χ3v) is 5.22. The van der Waals surface area contributed by atoms with Gasteiger partial charge in [-0.2, -0.15) is 5.10 Å². The fraction of sp³-hybridized carbons (Fsp3) is 0.125. The molecule has 1 heterocycles. The molecule has 1 aromatic heterocycles. The van der Waals surface area contributed by atoms with Crippen molar-refractivity contribution < 1.29 is 10.2 Å². The van der Waals surface area contributed by atoms with Crippen LogP contribution in [0.4, 0.5) is 0 Å². The first-order valence-corrected chi connectivity index (χ1v) is 9.27. The summed E-state index contributed by atoms with van der Waals surface area (Å²) in [6.45, 7) is -0.420. The first-order valence-electron chi connectivity index (χ1n) is 9.27. The molecule has 0 bridgehead atoms. The van der Waals surface area contributed by atoms with Gasteiger partial charge in [-0.1, -0.05) is 91.0 Å². The standard InChI is InChI=1S/C24H22N2O2/c27-16-21-23(22(17-28)26-25-21)24(18-10-4-1-5-11-18,19-12-6-2-7-13-19)20-14-8-3-9-15-20/h1-15,27-28H,16-17H2,(H,25,26). The molecule has 140 valence electrons. The van der Waals surface area contributed by atoms with Crippen molar-refractivity contribution in [2.75, 3.05) is 0 Å². The molecule has 3 aromatic carbocycles. The van der Waals surface area contributed by atoms with Crippen LogP contribution in [-0.4, -0.2) is 20.4 Å². The zero-order chi connectivity index (χ0) is 19.4. The molecule has 4 rings (SSSR count). The van der Waals surface area contributed by atoms with Crippen LogP contribution in [0.1, 0.15) is 33.6 Å². The zero-order valence-electron chi connectivity index (χ0n) is 15.4. The Morgan fingerprint density at radius 3 is 1.43 bits per heavy atom. The van der Waals surface area contributed by atoms with Crippen LogP contribution in [0.5, 0.6) is 0 Å². The Morgan fingerprint density at radius 2 is 1.07 bits per heavy atom. The lowest BCUT2D eigenvalue weighted by Crippen LogP contribution is -2.33. The van der Waals surface area contributed by atoms with Crippen LogP contribution in [0.25, 0.3) is 0 Å². The minimum atomic E-state index is -0.729. The second kappa shape index (κ2) is 7.80. The third-order valence-electron chi connectivity index (χ3n) is 5.22. The van der Waals surface area contributed by atoms with Gasteiger partial charge in [-0.25, -0.2) is 0 Å². The monoisotopic (exact) mass is 370 g/mol. The molecule has 4 heteroatoms. The summed E-state index contributed by atoms with van der Waals surface area (Å²) in [7, 11) is 0. The SMILES string of the molecule is OCc1n[nH]c(CO)c1C(c1ccccc1)(c1ccccc1)c1ccccc1. The van der Waals surface area contributed by atoms with Gasteiger partial charge in [0.15, 0.2) is 0 Å². The summed E-state index contributed by atoms with van der Waals surface area (Å²) >= 11 is 0. The van der Waals surface area contributed by atoms with E-state index in [9.17, 15) is 10.2 Å². The maximum Gasteiger partial charge on any atom is 0.0928 e. The molecule has 3 N–H and O–H groups in total. The molecular weight excluding hydrogens is 348 g/mol. The third kappa shape index (κ3) is 2.83. The van der Waals surface area contributed by atoms with E-state index in [0.29, 0.717) is 11.4 Å². The minimum absolute atomic E-state index is 0.198. The number of nitrogens with one attached hydrogen (secondary N) is 1. The quantitative estimate of drug-likeness (QED) is 0.453. The molecule has 0 saturated heterocycles. The first-order chi connectivity index (χ1) is 13.8. The Kier molecular flexibility index (Phi) is 5.06. The van der Waals surface area contributed by atoms with Gasteiger partial charge in [0.2, 0.25) is 0 Å². The fourth-order valence-electron chi connectivity index (χ4n) is 4.09. The van der Waals surface area contributed by atoms with Crippen molar-refractivity contribution in [3.05, 3.63) is 125 Å². The van der Waals surface area contributed by atoms with E-state index in [4.69, 9.17) is 0 Å². The van der Waals surface area contributed by atoms with Crippen molar-refractivity contribution in [2.45, 2.75) is 18.6 Å². The Balaban J connectivity index is 2.19. The summed E-state index contributed by atoms with van der Waals surface area (Å²) in [5.74, 6) is 0. The molecule has 4 aromatic rings. The number of hydrogen-bond acceptors (Lipinski definition) is 3. The summed E-state index contributed by atoms with van der Waals surface area (Å²) in [5.41, 5.74) is 4.31. The van der Waals surface area contributed by atoms with E-state index < -0.39 is 5.41 Å². The highest BCUT2D eigenvalue weighted by Crippen LogP contribution is 2.47. The van der Waals surface area contributed by atoms with Crippen molar-refractivity contribution in [2.24, 2.45) is 0 Å². The number of aliphatic hydroxyl groups is 2. The van der Waals surface area contributed by atoms with Crippen LogP contribution in [0.15, 0.2) is 91.0 Å². The topological polar surface area (TPSA) is 69.1 Å². The van der Waals surface area contributed by atoms with Crippen LogP contribution in [0.2, 0.25) is 0 Å². The first kappa shape index (κ1) is 18.2. The van der Waals surface area contributed by atoms with Crippen molar-refractivity contribution in [3.63, 3.8) is 0 Å². The molecule has 28 heavy (non-hydrogen) atoms. The van der Waals surface area contributed by atoms with Crippen molar-refractivity contribution in [1.29, 1.82) is 0 Å². The van der Waals surface area contributed by atoms with E-state index in [1.54, 1.807) is 0 Å². The molecule has 0 saturated carbocycles. The highest BCUT2D eigenvalue weighted by atomic mass is 16.3. The van der Waals surface area contributed by atoms with Crippen molar-refractivity contribution in [3.8, 4) is 0 Å². The van der Waals surface area contributed by atoms with E-state index >= 15 is 0 Å².